The number of methoxy groups -OCH3 is 2. The highest BCUT2D eigenvalue weighted by Crippen LogP contribution is 2.30. The van der Waals surface area contributed by atoms with Crippen LogP contribution >= 0.6 is 11.3 Å². The van der Waals surface area contributed by atoms with Crippen LogP contribution in [0, 0.1) is 6.92 Å². The van der Waals surface area contributed by atoms with Gasteiger partial charge in [0.05, 0.1) is 14.2 Å². The van der Waals surface area contributed by atoms with Crippen LogP contribution in [-0.2, 0) is 14.3 Å². The molecule has 0 aliphatic heterocycles. The predicted molar refractivity (Wildman–Crippen MR) is 82.2 cm³/mol. The number of hydrogen-bond acceptors (Lipinski definition) is 5. The summed E-state index contributed by atoms with van der Waals surface area (Å²) < 4.78 is 15.2. The average Bonchev–Trinajstić information content (AvgIpc) is 3.02. The van der Waals surface area contributed by atoms with E-state index in [9.17, 15) is 4.79 Å². The van der Waals surface area contributed by atoms with Gasteiger partial charge in [0.25, 0.3) is 0 Å². The molecule has 110 valence electrons. The van der Waals surface area contributed by atoms with Crippen molar-refractivity contribution in [1.82, 2.24) is 0 Å². The molecule has 2 aromatic rings. The number of benzene rings is 1. The Hall–Kier alpha value is -2.27. The Morgan fingerprint density at radius 2 is 2.05 bits per heavy atom. The van der Waals surface area contributed by atoms with Crippen molar-refractivity contribution in [2.75, 3.05) is 14.2 Å². The molecule has 0 aliphatic rings. The maximum atomic E-state index is 11.6. The van der Waals surface area contributed by atoms with Crippen molar-refractivity contribution < 1.29 is 19.0 Å². The van der Waals surface area contributed by atoms with Crippen LogP contribution in [0.25, 0.3) is 10.4 Å². The molecule has 0 amide bonds. The van der Waals surface area contributed by atoms with E-state index < -0.39 is 5.97 Å². The molecule has 1 heterocycles. The number of hydrogen-bond donors (Lipinski definition) is 0. The molecule has 0 spiro atoms. The second kappa shape index (κ2) is 6.95. The van der Waals surface area contributed by atoms with Gasteiger partial charge in [-0.05, 0) is 35.6 Å². The molecular weight excluding hydrogens is 288 g/mol. The Morgan fingerprint density at radius 1 is 1.24 bits per heavy atom. The van der Waals surface area contributed by atoms with E-state index in [2.05, 4.69) is 4.74 Å². The molecule has 0 bridgehead atoms. The van der Waals surface area contributed by atoms with Crippen molar-refractivity contribution in [2.24, 2.45) is 0 Å². The van der Waals surface area contributed by atoms with Gasteiger partial charge in [0.1, 0.15) is 12.0 Å². The molecule has 1 aromatic carbocycles. The molecule has 0 N–H and O–H groups in total. The zero-order valence-corrected chi connectivity index (χ0v) is 12.9. The van der Waals surface area contributed by atoms with E-state index in [1.165, 1.54) is 20.5 Å². The quantitative estimate of drug-likeness (QED) is 0.479. The second-order valence-electron chi connectivity index (χ2n) is 4.27. The highest BCUT2D eigenvalue weighted by Gasteiger charge is 2.15. The number of carbonyl (C=O) groups is 1. The normalized spacial score (nSPS) is 11.1. The minimum absolute atomic E-state index is 0.00595. The van der Waals surface area contributed by atoms with E-state index in [0.717, 1.165) is 16.0 Å². The number of esters is 1. The summed E-state index contributed by atoms with van der Waals surface area (Å²) in [4.78, 5) is 12.8. The molecule has 5 heteroatoms. The Kier molecular flexibility index (Phi) is 5.00. The Balaban J connectivity index is 2.32. The molecule has 4 nitrogen and oxygen atoms in total. The fourth-order valence-electron chi connectivity index (χ4n) is 1.75. The van der Waals surface area contributed by atoms with Gasteiger partial charge in [0.15, 0.2) is 0 Å². The number of rotatable bonds is 5. The first-order valence-electron chi connectivity index (χ1n) is 6.29. The van der Waals surface area contributed by atoms with Gasteiger partial charge in [-0.25, -0.2) is 4.79 Å². The molecule has 0 fully saturated rings. The molecule has 1 aromatic heterocycles. The van der Waals surface area contributed by atoms with Crippen LogP contribution in [0.5, 0.6) is 5.75 Å². The predicted octanol–water partition coefficient (Wildman–Crippen LogP) is 3.76. The summed E-state index contributed by atoms with van der Waals surface area (Å²) in [6.45, 7) is 1.91. The van der Waals surface area contributed by atoms with Crippen LogP contribution in [0.4, 0.5) is 0 Å². The summed E-state index contributed by atoms with van der Waals surface area (Å²) in [6, 6.07) is 9.89. The fourth-order valence-corrected chi connectivity index (χ4v) is 2.47. The van der Waals surface area contributed by atoms with Gasteiger partial charge in [0.2, 0.25) is 5.76 Å². The maximum absolute atomic E-state index is 11.6. The van der Waals surface area contributed by atoms with Gasteiger partial charge in [0, 0.05) is 4.88 Å². The summed E-state index contributed by atoms with van der Waals surface area (Å²) in [6.07, 6.45) is 1.23. The van der Waals surface area contributed by atoms with Crippen LogP contribution in [0.15, 0.2) is 47.7 Å². The van der Waals surface area contributed by atoms with Crippen LogP contribution in [0.3, 0.4) is 0 Å². The monoisotopic (exact) mass is 304 g/mol. The molecule has 0 radical (unpaired) electrons. The molecule has 0 saturated heterocycles. The second-order valence-corrected chi connectivity index (χ2v) is 5.22. The first-order chi connectivity index (χ1) is 10.2. The zero-order valence-electron chi connectivity index (χ0n) is 12.1. The molecule has 0 atom stereocenters. The first kappa shape index (κ1) is 15.1. The average molecular weight is 304 g/mol. The third kappa shape index (κ3) is 3.64. The molecule has 0 unspecified atom stereocenters. The van der Waals surface area contributed by atoms with Crippen LogP contribution in [0.1, 0.15) is 5.56 Å². The number of ether oxygens (including phenoxy) is 3. The van der Waals surface area contributed by atoms with E-state index in [4.69, 9.17) is 9.47 Å². The Labute approximate surface area is 127 Å². The van der Waals surface area contributed by atoms with Gasteiger partial charge >= 0.3 is 5.97 Å². The highest BCUT2D eigenvalue weighted by atomic mass is 32.1. The third-order valence-electron chi connectivity index (χ3n) is 2.83. The van der Waals surface area contributed by atoms with Crippen molar-refractivity contribution in [3.8, 4) is 16.2 Å². The van der Waals surface area contributed by atoms with Gasteiger partial charge < -0.3 is 14.2 Å². The maximum Gasteiger partial charge on any atom is 0.377 e. The number of carbonyl (C=O) groups excluding carboxylic acids is 1. The van der Waals surface area contributed by atoms with Crippen molar-refractivity contribution in [3.63, 3.8) is 0 Å². The zero-order chi connectivity index (χ0) is 15.2. The molecule has 0 aliphatic carbocycles. The lowest BCUT2D eigenvalue weighted by molar-refractivity contribution is -0.138. The summed E-state index contributed by atoms with van der Waals surface area (Å²) in [5.74, 6) is 0.0128. The number of aryl methyl sites for hydroxylation is 1. The molecule has 2 rings (SSSR count). The van der Waals surface area contributed by atoms with Gasteiger partial charge in [-0.3, -0.25) is 0 Å². The van der Waals surface area contributed by atoms with E-state index in [0.29, 0.717) is 5.75 Å². The van der Waals surface area contributed by atoms with E-state index >= 15 is 0 Å². The lowest BCUT2D eigenvalue weighted by atomic mass is 10.1. The Bertz CT molecular complexity index is 644. The van der Waals surface area contributed by atoms with E-state index in [-0.39, 0.29) is 5.76 Å². The first-order valence-corrected chi connectivity index (χ1v) is 7.17. The summed E-state index contributed by atoms with van der Waals surface area (Å²) in [5.41, 5.74) is 1.95. The highest BCUT2D eigenvalue weighted by molar-refractivity contribution is 7.13. The van der Waals surface area contributed by atoms with Crippen LogP contribution in [-0.4, -0.2) is 20.2 Å². The van der Waals surface area contributed by atoms with Crippen molar-refractivity contribution >= 4 is 17.3 Å². The van der Waals surface area contributed by atoms with Gasteiger partial charge in [-0.1, -0.05) is 18.2 Å². The van der Waals surface area contributed by atoms with Crippen LogP contribution < -0.4 is 4.74 Å². The molecule has 21 heavy (non-hydrogen) atoms. The molecule has 0 saturated carbocycles. The third-order valence-corrected chi connectivity index (χ3v) is 3.74. The Morgan fingerprint density at radius 3 is 2.67 bits per heavy atom. The number of thiophene rings is 1. The molecular formula is C16H16O4S. The SMILES string of the molecule is CO/C=C(\Oc1cc(-c2cccs2)ccc1C)C(=O)OC. The van der Waals surface area contributed by atoms with E-state index in [1.54, 1.807) is 11.3 Å². The largest absolute Gasteiger partial charge is 0.500 e. The minimum atomic E-state index is -0.585. The van der Waals surface area contributed by atoms with Gasteiger partial charge in [-0.15, -0.1) is 11.3 Å². The summed E-state index contributed by atoms with van der Waals surface area (Å²) in [7, 11) is 2.74. The van der Waals surface area contributed by atoms with Crippen LogP contribution in [0.2, 0.25) is 0 Å². The topological polar surface area (TPSA) is 44.8 Å². The van der Waals surface area contributed by atoms with Crippen molar-refractivity contribution in [3.05, 3.63) is 53.3 Å². The van der Waals surface area contributed by atoms with Crippen molar-refractivity contribution in [1.29, 1.82) is 0 Å². The minimum Gasteiger partial charge on any atom is -0.500 e. The smallest absolute Gasteiger partial charge is 0.377 e. The lowest BCUT2D eigenvalue weighted by Crippen LogP contribution is -2.11. The van der Waals surface area contributed by atoms with Gasteiger partial charge in [-0.2, -0.15) is 0 Å². The summed E-state index contributed by atoms with van der Waals surface area (Å²) in [5, 5.41) is 2.01. The fraction of sp³-hybridized carbons (Fsp3) is 0.188. The standard InChI is InChI=1S/C16H16O4S/c1-11-6-7-12(15-5-4-8-21-15)9-13(11)20-14(10-18-2)16(17)19-3/h4-10H,1-3H3/b14-10-. The lowest BCUT2D eigenvalue weighted by Gasteiger charge is -2.11. The van der Waals surface area contributed by atoms with E-state index in [1.807, 2.05) is 42.6 Å². The van der Waals surface area contributed by atoms with Crippen molar-refractivity contribution in [2.45, 2.75) is 6.92 Å². The summed E-state index contributed by atoms with van der Waals surface area (Å²) >= 11 is 1.64.